The fraction of sp³-hybridized carbons (Fsp3) is 0.0952. The number of nitrogens with zero attached hydrogens (tertiary/aromatic N) is 2. The number of benzene rings is 2. The molecule has 0 saturated carbocycles. The molecule has 0 saturated heterocycles. The van der Waals surface area contributed by atoms with Crippen LogP contribution in [0.4, 0.5) is 5.69 Å². The lowest BCUT2D eigenvalue weighted by molar-refractivity contribution is -0.111. The Bertz CT molecular complexity index is 984. The lowest BCUT2D eigenvalue weighted by Gasteiger charge is -2.04. The normalized spacial score (nSPS) is 10.5. The molecule has 134 valence electrons. The van der Waals surface area contributed by atoms with Crippen LogP contribution in [0.25, 0.3) is 17.3 Å². The van der Waals surface area contributed by atoms with Crippen molar-refractivity contribution in [1.82, 2.24) is 4.98 Å². The van der Waals surface area contributed by atoms with Crippen LogP contribution in [0.5, 0.6) is 5.75 Å². The summed E-state index contributed by atoms with van der Waals surface area (Å²) in [7, 11) is 0. The number of rotatable bonds is 6. The first-order valence-electron chi connectivity index (χ1n) is 8.25. The van der Waals surface area contributed by atoms with Gasteiger partial charge in [-0.15, -0.1) is 11.3 Å². The molecule has 0 aliphatic heterocycles. The van der Waals surface area contributed by atoms with Crippen molar-refractivity contribution in [3.05, 3.63) is 70.6 Å². The molecule has 1 heterocycles. The van der Waals surface area contributed by atoms with E-state index in [9.17, 15) is 4.79 Å². The maximum absolute atomic E-state index is 12.1. The molecule has 3 rings (SSSR count). The molecule has 3 aromatic rings. The number of aryl methyl sites for hydroxylation is 1. The van der Waals surface area contributed by atoms with E-state index >= 15 is 0 Å². The smallest absolute Gasteiger partial charge is 0.248 e. The number of hydrogen-bond donors (Lipinski definition) is 1. The first-order chi connectivity index (χ1) is 13.1. The summed E-state index contributed by atoms with van der Waals surface area (Å²) in [6.45, 7) is 1.99. The van der Waals surface area contributed by atoms with E-state index in [4.69, 9.17) is 10.00 Å². The Balaban J connectivity index is 1.57. The second kappa shape index (κ2) is 8.79. The number of carbonyl (C=O) groups excluding carboxylic acids is 1. The highest BCUT2D eigenvalue weighted by atomic mass is 32.1. The van der Waals surface area contributed by atoms with Crippen LogP contribution in [-0.2, 0) is 4.79 Å². The molecule has 0 fully saturated rings. The van der Waals surface area contributed by atoms with Gasteiger partial charge < -0.3 is 10.1 Å². The predicted octanol–water partition coefficient (Wildman–Crippen LogP) is 4.67. The Morgan fingerprint density at radius 2 is 1.96 bits per heavy atom. The summed E-state index contributed by atoms with van der Waals surface area (Å²) >= 11 is 1.61. The van der Waals surface area contributed by atoms with Crippen molar-refractivity contribution in [2.75, 3.05) is 11.9 Å². The van der Waals surface area contributed by atoms with Gasteiger partial charge in [0, 0.05) is 22.7 Å². The second-order valence-electron chi connectivity index (χ2n) is 5.67. The zero-order valence-corrected chi connectivity index (χ0v) is 15.5. The van der Waals surface area contributed by atoms with Crippen molar-refractivity contribution >= 4 is 29.0 Å². The number of nitrogens with one attached hydrogen (secondary N) is 1. The van der Waals surface area contributed by atoms with Crippen LogP contribution in [-0.4, -0.2) is 17.5 Å². The first kappa shape index (κ1) is 18.4. The Kier molecular flexibility index (Phi) is 5.98. The fourth-order valence-electron chi connectivity index (χ4n) is 2.37. The molecule has 0 unspecified atom stereocenters. The maximum atomic E-state index is 12.1. The average Bonchev–Trinajstić information content (AvgIpc) is 3.12. The third kappa shape index (κ3) is 5.27. The number of nitriles is 1. The monoisotopic (exact) mass is 375 g/mol. The highest BCUT2D eigenvalue weighted by Crippen LogP contribution is 2.23. The van der Waals surface area contributed by atoms with Crippen molar-refractivity contribution in [3.63, 3.8) is 0 Å². The van der Waals surface area contributed by atoms with Crippen LogP contribution in [0, 0.1) is 18.3 Å². The summed E-state index contributed by atoms with van der Waals surface area (Å²) < 4.78 is 5.19. The van der Waals surface area contributed by atoms with E-state index in [-0.39, 0.29) is 12.5 Å². The highest BCUT2D eigenvalue weighted by Gasteiger charge is 2.03. The van der Waals surface area contributed by atoms with Gasteiger partial charge in [-0.05, 0) is 42.8 Å². The summed E-state index contributed by atoms with van der Waals surface area (Å²) in [4.78, 5) is 16.5. The molecule has 0 atom stereocenters. The summed E-state index contributed by atoms with van der Waals surface area (Å²) in [6.07, 6.45) is 3.19. The van der Waals surface area contributed by atoms with Crippen molar-refractivity contribution < 1.29 is 9.53 Å². The molecule has 0 aliphatic rings. The molecule has 27 heavy (non-hydrogen) atoms. The maximum Gasteiger partial charge on any atom is 0.248 e. The van der Waals surface area contributed by atoms with Crippen molar-refractivity contribution in [2.45, 2.75) is 6.92 Å². The zero-order valence-electron chi connectivity index (χ0n) is 14.7. The van der Waals surface area contributed by atoms with Gasteiger partial charge in [0.15, 0.2) is 6.61 Å². The van der Waals surface area contributed by atoms with Gasteiger partial charge in [0.25, 0.3) is 0 Å². The van der Waals surface area contributed by atoms with Crippen LogP contribution < -0.4 is 10.1 Å². The Labute approximate surface area is 161 Å². The standard InChI is InChI=1S/C21H17N3O2S/c1-15-23-20(14-27-15)17-5-7-18(8-6-17)24-21(25)11-4-16-2-9-19(10-3-16)26-13-12-22/h2-11,14H,13H2,1H3,(H,24,25)/b11-4+. The predicted molar refractivity (Wildman–Crippen MR) is 108 cm³/mol. The summed E-state index contributed by atoms with van der Waals surface area (Å²) in [5, 5.41) is 14.4. The minimum Gasteiger partial charge on any atom is -0.479 e. The molecule has 1 aromatic heterocycles. The number of anilines is 1. The lowest BCUT2D eigenvalue weighted by Crippen LogP contribution is -2.07. The van der Waals surface area contributed by atoms with Crippen LogP contribution in [0.15, 0.2) is 60.0 Å². The number of hydrogen-bond acceptors (Lipinski definition) is 5. The van der Waals surface area contributed by atoms with Crippen LogP contribution in [0.3, 0.4) is 0 Å². The molecule has 6 heteroatoms. The molecule has 2 aromatic carbocycles. The van der Waals surface area contributed by atoms with E-state index in [0.29, 0.717) is 5.75 Å². The topological polar surface area (TPSA) is 75.0 Å². The van der Waals surface area contributed by atoms with Gasteiger partial charge in [0.1, 0.15) is 11.8 Å². The number of aromatic nitrogens is 1. The van der Waals surface area contributed by atoms with Gasteiger partial charge >= 0.3 is 0 Å². The SMILES string of the molecule is Cc1nc(-c2ccc(NC(=O)/C=C/c3ccc(OCC#N)cc3)cc2)cs1. The molecule has 0 radical (unpaired) electrons. The van der Waals surface area contributed by atoms with Crippen LogP contribution >= 0.6 is 11.3 Å². The van der Waals surface area contributed by atoms with Crippen molar-refractivity contribution in [2.24, 2.45) is 0 Å². The van der Waals surface area contributed by atoms with Crippen molar-refractivity contribution in [3.8, 4) is 23.1 Å². The molecule has 1 N–H and O–H groups in total. The molecular formula is C21H17N3O2S. The average molecular weight is 375 g/mol. The van der Waals surface area contributed by atoms with Gasteiger partial charge in [0.2, 0.25) is 5.91 Å². The molecule has 0 spiro atoms. The molecule has 5 nitrogen and oxygen atoms in total. The van der Waals surface area contributed by atoms with E-state index in [1.165, 1.54) is 6.08 Å². The molecular weight excluding hydrogens is 358 g/mol. The second-order valence-corrected chi connectivity index (χ2v) is 6.73. The summed E-state index contributed by atoms with van der Waals surface area (Å²) in [5.41, 5.74) is 3.55. The van der Waals surface area contributed by atoms with E-state index in [1.807, 2.05) is 54.8 Å². The Hall–Kier alpha value is -3.43. The third-order valence-corrected chi connectivity index (χ3v) is 4.45. The van der Waals surface area contributed by atoms with E-state index in [2.05, 4.69) is 10.3 Å². The number of carbonyl (C=O) groups is 1. The van der Waals surface area contributed by atoms with Gasteiger partial charge in [-0.2, -0.15) is 5.26 Å². The van der Waals surface area contributed by atoms with Gasteiger partial charge in [-0.1, -0.05) is 24.3 Å². The molecule has 1 amide bonds. The van der Waals surface area contributed by atoms with Gasteiger partial charge in [0.05, 0.1) is 10.7 Å². The lowest BCUT2D eigenvalue weighted by atomic mass is 10.1. The third-order valence-electron chi connectivity index (χ3n) is 3.68. The Morgan fingerprint density at radius 1 is 1.22 bits per heavy atom. The van der Waals surface area contributed by atoms with E-state index in [1.54, 1.807) is 29.5 Å². The highest BCUT2D eigenvalue weighted by molar-refractivity contribution is 7.09. The van der Waals surface area contributed by atoms with Gasteiger partial charge in [-0.25, -0.2) is 4.98 Å². The summed E-state index contributed by atoms with van der Waals surface area (Å²) in [5.74, 6) is 0.408. The minimum atomic E-state index is -0.211. The molecule has 0 bridgehead atoms. The quantitative estimate of drug-likeness (QED) is 0.635. The number of amides is 1. The number of thiazole rings is 1. The summed E-state index contributed by atoms with van der Waals surface area (Å²) in [6, 6.07) is 16.7. The van der Waals surface area contributed by atoms with Crippen molar-refractivity contribution in [1.29, 1.82) is 5.26 Å². The largest absolute Gasteiger partial charge is 0.479 e. The van der Waals surface area contributed by atoms with E-state index < -0.39 is 0 Å². The van der Waals surface area contributed by atoms with Crippen LogP contribution in [0.2, 0.25) is 0 Å². The van der Waals surface area contributed by atoms with Gasteiger partial charge in [-0.3, -0.25) is 4.79 Å². The van der Waals surface area contributed by atoms with E-state index in [0.717, 1.165) is 27.5 Å². The Morgan fingerprint density at radius 3 is 2.59 bits per heavy atom. The zero-order chi connectivity index (χ0) is 19.1. The molecule has 0 aliphatic carbocycles. The first-order valence-corrected chi connectivity index (χ1v) is 9.13. The minimum absolute atomic E-state index is 0.0124. The fourth-order valence-corrected chi connectivity index (χ4v) is 2.99. The number of ether oxygens (including phenoxy) is 1. The van der Waals surface area contributed by atoms with Crippen LogP contribution in [0.1, 0.15) is 10.6 Å².